The lowest BCUT2D eigenvalue weighted by atomic mass is 10.0. The highest BCUT2D eigenvalue weighted by molar-refractivity contribution is 5.72. The first-order valence-corrected chi connectivity index (χ1v) is 6.28. The number of anilines is 1. The van der Waals surface area contributed by atoms with Crippen molar-refractivity contribution in [1.29, 1.82) is 0 Å². The van der Waals surface area contributed by atoms with Crippen molar-refractivity contribution in [1.82, 2.24) is 0 Å². The molecule has 1 rings (SSSR count). The number of carboxylic acid groups (broad SMARTS) is 1. The van der Waals surface area contributed by atoms with Gasteiger partial charge in [-0.05, 0) is 30.9 Å². The van der Waals surface area contributed by atoms with E-state index in [1.54, 1.807) is 7.11 Å². The van der Waals surface area contributed by atoms with Gasteiger partial charge in [-0.2, -0.15) is 0 Å². The second kappa shape index (κ2) is 6.99. The molecule has 0 saturated carbocycles. The number of hydrogen-bond acceptors (Lipinski definition) is 4. The van der Waals surface area contributed by atoms with E-state index in [0.717, 1.165) is 29.8 Å². The molecule has 5 heteroatoms. The SMILES string of the molecule is COc1cc(N(C)C)ccc1CCCC(N)C(=O)O. The molecule has 0 saturated heterocycles. The van der Waals surface area contributed by atoms with Gasteiger partial charge in [0.2, 0.25) is 0 Å². The molecule has 0 radical (unpaired) electrons. The predicted molar refractivity (Wildman–Crippen MR) is 75.9 cm³/mol. The quantitative estimate of drug-likeness (QED) is 0.782. The van der Waals surface area contributed by atoms with E-state index < -0.39 is 12.0 Å². The van der Waals surface area contributed by atoms with Crippen molar-refractivity contribution in [3.8, 4) is 5.75 Å². The van der Waals surface area contributed by atoms with Crippen LogP contribution in [0.3, 0.4) is 0 Å². The minimum absolute atomic E-state index is 0.466. The summed E-state index contributed by atoms with van der Waals surface area (Å²) in [5, 5.41) is 8.72. The number of nitrogens with two attached hydrogens (primary N) is 1. The van der Waals surface area contributed by atoms with Crippen LogP contribution in [0.25, 0.3) is 0 Å². The molecular formula is C14H22N2O3. The highest BCUT2D eigenvalue weighted by Gasteiger charge is 2.12. The van der Waals surface area contributed by atoms with Gasteiger partial charge in [0, 0.05) is 25.8 Å². The first kappa shape index (κ1) is 15.3. The van der Waals surface area contributed by atoms with E-state index in [2.05, 4.69) is 0 Å². The van der Waals surface area contributed by atoms with Gasteiger partial charge in [-0.15, -0.1) is 0 Å². The van der Waals surface area contributed by atoms with Crippen molar-refractivity contribution >= 4 is 11.7 Å². The predicted octanol–water partition coefficient (Wildman–Crippen LogP) is 1.50. The molecule has 1 aromatic rings. The molecule has 0 aliphatic heterocycles. The van der Waals surface area contributed by atoms with Crippen LogP contribution in [0.1, 0.15) is 18.4 Å². The Morgan fingerprint density at radius 2 is 2.16 bits per heavy atom. The number of aryl methyl sites for hydroxylation is 1. The van der Waals surface area contributed by atoms with E-state index in [1.807, 2.05) is 37.2 Å². The number of rotatable bonds is 7. The number of hydrogen-bond donors (Lipinski definition) is 2. The van der Waals surface area contributed by atoms with Crippen molar-refractivity contribution in [2.24, 2.45) is 5.73 Å². The van der Waals surface area contributed by atoms with Crippen LogP contribution in [0.15, 0.2) is 18.2 Å². The molecular weight excluding hydrogens is 244 g/mol. The standard InChI is InChI=1S/C14H22N2O3/c1-16(2)11-8-7-10(13(9-11)19-3)5-4-6-12(15)14(17)18/h7-9,12H,4-6,15H2,1-3H3,(H,17,18). The second-order valence-corrected chi connectivity index (χ2v) is 4.73. The molecule has 3 N–H and O–H groups in total. The van der Waals surface area contributed by atoms with Crippen LogP contribution >= 0.6 is 0 Å². The maximum atomic E-state index is 10.6. The van der Waals surface area contributed by atoms with Crippen molar-refractivity contribution in [2.45, 2.75) is 25.3 Å². The normalized spacial score (nSPS) is 12.0. The number of aliphatic carboxylic acids is 1. The van der Waals surface area contributed by atoms with Crippen LogP contribution in [-0.2, 0) is 11.2 Å². The minimum atomic E-state index is -0.949. The minimum Gasteiger partial charge on any atom is -0.496 e. The summed E-state index contributed by atoms with van der Waals surface area (Å²) < 4.78 is 5.37. The summed E-state index contributed by atoms with van der Waals surface area (Å²) in [5.41, 5.74) is 7.62. The molecule has 0 bridgehead atoms. The summed E-state index contributed by atoms with van der Waals surface area (Å²) >= 11 is 0. The lowest BCUT2D eigenvalue weighted by molar-refractivity contribution is -0.138. The van der Waals surface area contributed by atoms with Crippen LogP contribution in [0.5, 0.6) is 5.75 Å². The monoisotopic (exact) mass is 266 g/mol. The van der Waals surface area contributed by atoms with Crippen molar-refractivity contribution < 1.29 is 14.6 Å². The number of ether oxygens (including phenoxy) is 1. The first-order chi connectivity index (χ1) is 8.95. The number of carbonyl (C=O) groups is 1. The Hall–Kier alpha value is -1.75. The zero-order valence-corrected chi connectivity index (χ0v) is 11.7. The van der Waals surface area contributed by atoms with Crippen LogP contribution in [0, 0.1) is 0 Å². The van der Waals surface area contributed by atoms with Crippen LogP contribution in [0.2, 0.25) is 0 Å². The van der Waals surface area contributed by atoms with Gasteiger partial charge in [-0.25, -0.2) is 0 Å². The summed E-state index contributed by atoms with van der Waals surface area (Å²) in [4.78, 5) is 12.6. The Morgan fingerprint density at radius 3 is 2.68 bits per heavy atom. The molecule has 0 heterocycles. The molecule has 0 aliphatic carbocycles. The lowest BCUT2D eigenvalue weighted by Crippen LogP contribution is -2.29. The molecule has 106 valence electrons. The Balaban J connectivity index is 2.65. The van der Waals surface area contributed by atoms with Crippen LogP contribution in [0.4, 0.5) is 5.69 Å². The number of benzene rings is 1. The van der Waals surface area contributed by atoms with E-state index in [1.165, 1.54) is 0 Å². The van der Waals surface area contributed by atoms with Crippen LogP contribution in [-0.4, -0.2) is 38.3 Å². The summed E-state index contributed by atoms with van der Waals surface area (Å²) in [7, 11) is 5.59. The summed E-state index contributed by atoms with van der Waals surface area (Å²) in [6.45, 7) is 0. The number of nitrogens with zero attached hydrogens (tertiary/aromatic N) is 1. The fourth-order valence-electron chi connectivity index (χ4n) is 1.85. The topological polar surface area (TPSA) is 75.8 Å². The van der Waals surface area contributed by atoms with Gasteiger partial charge >= 0.3 is 5.97 Å². The molecule has 1 atom stereocenters. The Morgan fingerprint density at radius 1 is 1.47 bits per heavy atom. The van der Waals surface area contributed by atoms with Gasteiger partial charge in [-0.3, -0.25) is 4.79 Å². The molecule has 0 amide bonds. The first-order valence-electron chi connectivity index (χ1n) is 6.28. The Bertz CT molecular complexity index is 433. The molecule has 19 heavy (non-hydrogen) atoms. The third-order valence-electron chi connectivity index (χ3n) is 3.07. The van der Waals surface area contributed by atoms with E-state index >= 15 is 0 Å². The van der Waals surface area contributed by atoms with E-state index in [4.69, 9.17) is 15.6 Å². The van der Waals surface area contributed by atoms with E-state index in [9.17, 15) is 4.79 Å². The largest absolute Gasteiger partial charge is 0.496 e. The smallest absolute Gasteiger partial charge is 0.320 e. The maximum absolute atomic E-state index is 10.6. The summed E-state index contributed by atoms with van der Waals surface area (Å²) in [6.07, 6.45) is 1.96. The highest BCUT2D eigenvalue weighted by atomic mass is 16.5. The molecule has 0 aliphatic rings. The zero-order valence-electron chi connectivity index (χ0n) is 11.7. The molecule has 1 aromatic carbocycles. The maximum Gasteiger partial charge on any atom is 0.320 e. The number of methoxy groups -OCH3 is 1. The molecule has 0 aromatic heterocycles. The van der Waals surface area contributed by atoms with Crippen LogP contribution < -0.4 is 15.4 Å². The summed E-state index contributed by atoms with van der Waals surface area (Å²) in [5.74, 6) is -0.120. The number of carboxylic acids is 1. The third kappa shape index (κ3) is 4.44. The third-order valence-corrected chi connectivity index (χ3v) is 3.07. The van der Waals surface area contributed by atoms with Crippen molar-refractivity contribution in [2.75, 3.05) is 26.1 Å². The van der Waals surface area contributed by atoms with Crippen molar-refractivity contribution in [3.05, 3.63) is 23.8 Å². The van der Waals surface area contributed by atoms with E-state index in [-0.39, 0.29) is 0 Å². The zero-order chi connectivity index (χ0) is 14.4. The highest BCUT2D eigenvalue weighted by Crippen LogP contribution is 2.26. The Kier molecular flexibility index (Phi) is 5.63. The average Bonchev–Trinajstić information content (AvgIpc) is 2.38. The van der Waals surface area contributed by atoms with Gasteiger partial charge in [0.15, 0.2) is 0 Å². The van der Waals surface area contributed by atoms with Gasteiger partial charge in [0.25, 0.3) is 0 Å². The molecule has 0 fully saturated rings. The fraction of sp³-hybridized carbons (Fsp3) is 0.500. The van der Waals surface area contributed by atoms with Gasteiger partial charge in [-0.1, -0.05) is 6.07 Å². The lowest BCUT2D eigenvalue weighted by Gasteiger charge is -2.16. The van der Waals surface area contributed by atoms with E-state index in [0.29, 0.717) is 6.42 Å². The molecule has 1 unspecified atom stereocenters. The molecule has 5 nitrogen and oxygen atoms in total. The molecule has 0 spiro atoms. The van der Waals surface area contributed by atoms with Gasteiger partial charge in [0.05, 0.1) is 7.11 Å². The van der Waals surface area contributed by atoms with Gasteiger partial charge in [0.1, 0.15) is 11.8 Å². The van der Waals surface area contributed by atoms with Gasteiger partial charge < -0.3 is 20.5 Å². The second-order valence-electron chi connectivity index (χ2n) is 4.73. The Labute approximate surface area is 114 Å². The fourth-order valence-corrected chi connectivity index (χ4v) is 1.85. The average molecular weight is 266 g/mol. The van der Waals surface area contributed by atoms with Crippen molar-refractivity contribution in [3.63, 3.8) is 0 Å². The summed E-state index contributed by atoms with van der Waals surface area (Å²) in [6, 6.07) is 5.23.